The van der Waals surface area contributed by atoms with Crippen molar-refractivity contribution in [3.05, 3.63) is 59.2 Å². The van der Waals surface area contributed by atoms with Gasteiger partial charge in [0.2, 0.25) is 5.78 Å². The Hall–Kier alpha value is -2.93. The molecule has 0 amide bonds. The lowest BCUT2D eigenvalue weighted by molar-refractivity contribution is 0.106. The van der Waals surface area contributed by atoms with Crippen molar-refractivity contribution in [3.63, 3.8) is 0 Å². The second-order valence-corrected chi connectivity index (χ2v) is 7.21. The largest absolute Gasteiger partial charge is 0.399 e. The number of carbonyl (C=O) groups is 1. The van der Waals surface area contributed by atoms with Crippen molar-refractivity contribution in [2.24, 2.45) is 4.99 Å². The van der Waals surface area contributed by atoms with E-state index >= 15 is 0 Å². The fourth-order valence-electron chi connectivity index (χ4n) is 3.12. The summed E-state index contributed by atoms with van der Waals surface area (Å²) in [6.45, 7) is 0. The van der Waals surface area contributed by atoms with Gasteiger partial charge >= 0.3 is 0 Å². The van der Waals surface area contributed by atoms with E-state index in [1.165, 1.54) is 13.1 Å². The van der Waals surface area contributed by atoms with Gasteiger partial charge in [0, 0.05) is 29.4 Å². The van der Waals surface area contributed by atoms with E-state index < -0.39 is 10.0 Å². The van der Waals surface area contributed by atoms with Gasteiger partial charge in [-0.25, -0.2) is 8.42 Å². The monoisotopic (exact) mass is 339 g/mol. The molecule has 0 aromatic heterocycles. The highest BCUT2D eigenvalue weighted by atomic mass is 32.2. The maximum Gasteiger partial charge on any atom is 0.262 e. The van der Waals surface area contributed by atoms with Crippen LogP contribution in [-0.2, 0) is 10.0 Å². The Morgan fingerprint density at radius 3 is 2.46 bits per heavy atom. The summed E-state index contributed by atoms with van der Waals surface area (Å²) in [5, 5.41) is 0. The van der Waals surface area contributed by atoms with Gasteiger partial charge in [-0.15, -0.1) is 0 Å². The minimum absolute atomic E-state index is 0.117. The second-order valence-electron chi connectivity index (χ2n) is 5.56. The first-order valence-corrected chi connectivity index (χ1v) is 8.70. The number of nitrogen functional groups attached to an aromatic ring is 1. The van der Waals surface area contributed by atoms with Crippen LogP contribution in [-0.4, -0.2) is 27.0 Å². The van der Waals surface area contributed by atoms with Gasteiger partial charge in [0.15, 0.2) is 0 Å². The Balaban J connectivity index is 2.14. The Kier molecular flexibility index (Phi) is 2.92. The number of carbonyl (C=O) groups excluding carboxylic acids is 1. The summed E-state index contributed by atoms with van der Waals surface area (Å²) < 4.78 is 27.4. The normalized spacial score (nSPS) is 19.4. The summed E-state index contributed by atoms with van der Waals surface area (Å²) in [6, 6.07) is 11.6. The van der Waals surface area contributed by atoms with E-state index in [9.17, 15) is 13.2 Å². The SMILES string of the molecule is CN=C1C(=O)c2cccc3c2C(=C1c1ccc(N)cc1)NS3(=O)=O. The lowest BCUT2D eigenvalue weighted by atomic mass is 9.84. The quantitative estimate of drug-likeness (QED) is 0.772. The average Bonchev–Trinajstić information content (AvgIpc) is 2.84. The number of allylic oxidation sites excluding steroid dienone is 1. The minimum Gasteiger partial charge on any atom is -0.399 e. The zero-order chi connectivity index (χ0) is 17.1. The number of aliphatic imine (C=N–C) groups is 1. The molecule has 1 aliphatic carbocycles. The second kappa shape index (κ2) is 4.78. The van der Waals surface area contributed by atoms with E-state index in [0.29, 0.717) is 33.6 Å². The van der Waals surface area contributed by atoms with E-state index in [1.807, 2.05) is 0 Å². The molecule has 2 aromatic rings. The van der Waals surface area contributed by atoms with Crippen molar-refractivity contribution < 1.29 is 13.2 Å². The molecular weight excluding hydrogens is 326 g/mol. The van der Waals surface area contributed by atoms with Crippen molar-refractivity contribution >= 4 is 38.5 Å². The third-order valence-corrected chi connectivity index (χ3v) is 5.56. The highest BCUT2D eigenvalue weighted by Crippen LogP contribution is 2.42. The van der Waals surface area contributed by atoms with Gasteiger partial charge < -0.3 is 5.73 Å². The van der Waals surface area contributed by atoms with Gasteiger partial charge in [-0.1, -0.05) is 24.3 Å². The van der Waals surface area contributed by atoms with Crippen LogP contribution < -0.4 is 10.5 Å². The van der Waals surface area contributed by atoms with E-state index in [0.717, 1.165) is 0 Å². The summed E-state index contributed by atoms with van der Waals surface area (Å²) in [6.07, 6.45) is 0. The van der Waals surface area contributed by atoms with Gasteiger partial charge in [-0.2, -0.15) is 0 Å². The third kappa shape index (κ3) is 1.85. The van der Waals surface area contributed by atoms with Crippen LogP contribution in [0.25, 0.3) is 11.3 Å². The number of sulfonamides is 1. The molecule has 120 valence electrons. The lowest BCUT2D eigenvalue weighted by Gasteiger charge is -2.20. The molecule has 0 unspecified atom stereocenters. The molecule has 4 rings (SSSR count). The number of ketones is 1. The molecule has 1 heterocycles. The number of hydrogen-bond acceptors (Lipinski definition) is 5. The molecule has 0 radical (unpaired) electrons. The topological polar surface area (TPSA) is 102 Å². The fourth-order valence-corrected chi connectivity index (χ4v) is 4.44. The molecule has 2 aromatic carbocycles. The van der Waals surface area contributed by atoms with Crippen LogP contribution in [0.1, 0.15) is 21.5 Å². The lowest BCUT2D eigenvalue weighted by Crippen LogP contribution is -2.25. The maximum absolute atomic E-state index is 12.8. The molecule has 0 saturated heterocycles. The van der Waals surface area contributed by atoms with Crippen LogP contribution in [0, 0.1) is 0 Å². The highest BCUT2D eigenvalue weighted by molar-refractivity contribution is 7.90. The number of nitrogens with one attached hydrogen (secondary N) is 1. The van der Waals surface area contributed by atoms with Gasteiger partial charge in [-0.05, 0) is 23.8 Å². The predicted octanol–water partition coefficient (Wildman–Crippen LogP) is 1.70. The number of Topliss-reactive ketones (excluding diaryl/α,β-unsaturated/α-hetero) is 1. The van der Waals surface area contributed by atoms with Gasteiger partial charge in [0.05, 0.1) is 10.6 Å². The highest BCUT2D eigenvalue weighted by Gasteiger charge is 2.41. The molecule has 6 nitrogen and oxygen atoms in total. The Labute approximate surface area is 138 Å². The van der Waals surface area contributed by atoms with Gasteiger partial charge in [0.1, 0.15) is 5.71 Å². The van der Waals surface area contributed by atoms with Crippen LogP contribution in [0.3, 0.4) is 0 Å². The zero-order valence-corrected chi connectivity index (χ0v) is 13.5. The van der Waals surface area contributed by atoms with Crippen molar-refractivity contribution in [1.29, 1.82) is 0 Å². The van der Waals surface area contributed by atoms with E-state index in [1.54, 1.807) is 36.4 Å². The predicted molar refractivity (Wildman–Crippen MR) is 92.1 cm³/mol. The molecule has 2 aliphatic rings. The smallest absolute Gasteiger partial charge is 0.262 e. The molecule has 1 aliphatic heterocycles. The molecular formula is C17H13N3O3S. The number of rotatable bonds is 1. The zero-order valence-electron chi connectivity index (χ0n) is 12.7. The Bertz CT molecular complexity index is 1060. The molecule has 24 heavy (non-hydrogen) atoms. The molecule has 0 fully saturated rings. The summed E-state index contributed by atoms with van der Waals surface area (Å²) in [5.74, 6) is -0.288. The summed E-state index contributed by atoms with van der Waals surface area (Å²) in [5.41, 5.74) is 8.84. The van der Waals surface area contributed by atoms with Crippen LogP contribution in [0.4, 0.5) is 5.69 Å². The number of hydrogen-bond donors (Lipinski definition) is 2. The number of nitrogens with two attached hydrogens (primary N) is 1. The first kappa shape index (κ1) is 14.6. The Morgan fingerprint density at radius 1 is 1.08 bits per heavy atom. The summed E-state index contributed by atoms with van der Waals surface area (Å²) in [7, 11) is -2.18. The molecule has 0 saturated carbocycles. The molecule has 3 N–H and O–H groups in total. The maximum atomic E-state index is 12.8. The van der Waals surface area contributed by atoms with Crippen LogP contribution in [0.5, 0.6) is 0 Å². The van der Waals surface area contributed by atoms with Crippen LogP contribution in [0.15, 0.2) is 52.4 Å². The van der Waals surface area contributed by atoms with E-state index in [2.05, 4.69) is 9.71 Å². The Morgan fingerprint density at radius 2 is 1.79 bits per heavy atom. The van der Waals surface area contributed by atoms with Crippen molar-refractivity contribution in [2.75, 3.05) is 12.8 Å². The fraction of sp³-hybridized carbons (Fsp3) is 0.0588. The van der Waals surface area contributed by atoms with E-state index in [4.69, 9.17) is 5.73 Å². The minimum atomic E-state index is -3.69. The van der Waals surface area contributed by atoms with Crippen molar-refractivity contribution in [3.8, 4) is 0 Å². The van der Waals surface area contributed by atoms with Crippen LogP contribution in [0.2, 0.25) is 0 Å². The molecule has 0 spiro atoms. The van der Waals surface area contributed by atoms with E-state index in [-0.39, 0.29) is 16.4 Å². The summed E-state index contributed by atoms with van der Waals surface area (Å²) >= 11 is 0. The van der Waals surface area contributed by atoms with Crippen LogP contribution >= 0.6 is 0 Å². The molecule has 7 heteroatoms. The number of nitrogens with zero attached hydrogens (tertiary/aromatic N) is 1. The summed E-state index contributed by atoms with van der Waals surface area (Å²) in [4.78, 5) is 17.1. The number of anilines is 1. The first-order valence-electron chi connectivity index (χ1n) is 7.22. The van der Waals surface area contributed by atoms with Crippen molar-refractivity contribution in [2.45, 2.75) is 4.90 Å². The third-order valence-electron chi connectivity index (χ3n) is 4.17. The number of benzene rings is 2. The van der Waals surface area contributed by atoms with Gasteiger partial charge in [-0.3, -0.25) is 14.5 Å². The molecule has 0 atom stereocenters. The standard InChI is InChI=1S/C17H13N3O3S/c1-19-16-13(9-5-7-10(18)8-6-9)15-14-11(17(16)21)3-2-4-12(14)24(22,23)20-15/h2-8,20H,18H2,1H3. The van der Waals surface area contributed by atoms with Gasteiger partial charge in [0.25, 0.3) is 10.0 Å². The molecule has 0 bridgehead atoms. The first-order chi connectivity index (χ1) is 11.4. The average molecular weight is 339 g/mol. The van der Waals surface area contributed by atoms with Crippen molar-refractivity contribution in [1.82, 2.24) is 4.72 Å².